The molecule has 2 aliphatic rings. The van der Waals surface area contributed by atoms with Crippen molar-refractivity contribution in [2.45, 2.75) is 44.1 Å². The minimum atomic E-state index is 0.234. The summed E-state index contributed by atoms with van der Waals surface area (Å²) < 4.78 is 0. The third kappa shape index (κ3) is 2.36. The second-order valence-corrected chi connectivity index (χ2v) is 5.35. The zero-order valence-electron chi connectivity index (χ0n) is 10.1. The van der Waals surface area contributed by atoms with Gasteiger partial charge in [-0.2, -0.15) is 0 Å². The van der Waals surface area contributed by atoms with Gasteiger partial charge in [0.25, 0.3) is 0 Å². The van der Waals surface area contributed by atoms with Crippen LogP contribution in [-0.2, 0) is 4.79 Å². The van der Waals surface area contributed by atoms with Gasteiger partial charge in [0, 0.05) is 12.0 Å². The van der Waals surface area contributed by atoms with Crippen molar-refractivity contribution in [3.8, 4) is 0 Å². The Hall–Kier alpha value is -1.31. The van der Waals surface area contributed by atoms with E-state index in [1.807, 2.05) is 6.07 Å². The molecule has 0 unspecified atom stereocenters. The Morgan fingerprint density at radius 1 is 1.12 bits per heavy atom. The summed E-state index contributed by atoms with van der Waals surface area (Å²) in [5, 5.41) is 3.20. The average Bonchev–Trinajstić information content (AvgIpc) is 3.02. The van der Waals surface area contributed by atoms with Crippen LogP contribution in [0.3, 0.4) is 0 Å². The Morgan fingerprint density at radius 3 is 2.53 bits per heavy atom. The van der Waals surface area contributed by atoms with E-state index in [1.165, 1.54) is 31.2 Å². The van der Waals surface area contributed by atoms with E-state index in [1.54, 1.807) is 0 Å². The van der Waals surface area contributed by atoms with E-state index >= 15 is 0 Å². The van der Waals surface area contributed by atoms with Gasteiger partial charge >= 0.3 is 0 Å². The van der Waals surface area contributed by atoms with Crippen molar-refractivity contribution >= 4 is 5.91 Å². The van der Waals surface area contributed by atoms with E-state index in [9.17, 15) is 4.79 Å². The van der Waals surface area contributed by atoms with Gasteiger partial charge in [-0.3, -0.25) is 4.79 Å². The number of hydrogen-bond donors (Lipinski definition) is 1. The lowest BCUT2D eigenvalue weighted by Gasteiger charge is -2.11. The molecule has 0 aliphatic heterocycles. The van der Waals surface area contributed by atoms with E-state index < -0.39 is 0 Å². The standard InChI is InChI=1S/C15H19NO/c17-15(16-12-8-4-5-9-12)14-10-13(14)11-6-2-1-3-7-11/h1-3,6-7,12-14H,4-5,8-10H2,(H,16,17)/t13-,14+/m1/s1. The zero-order valence-corrected chi connectivity index (χ0v) is 10.1. The van der Waals surface area contributed by atoms with Crippen LogP contribution in [-0.4, -0.2) is 11.9 Å². The second kappa shape index (κ2) is 4.52. The molecule has 2 aliphatic carbocycles. The number of rotatable bonds is 3. The quantitative estimate of drug-likeness (QED) is 0.848. The molecule has 1 N–H and O–H groups in total. The van der Waals surface area contributed by atoms with Gasteiger partial charge in [-0.25, -0.2) is 0 Å². The number of carbonyl (C=O) groups excluding carboxylic acids is 1. The minimum Gasteiger partial charge on any atom is -0.353 e. The van der Waals surface area contributed by atoms with Gasteiger partial charge in [-0.1, -0.05) is 43.2 Å². The molecular weight excluding hydrogens is 210 g/mol. The highest BCUT2D eigenvalue weighted by Crippen LogP contribution is 2.47. The first-order valence-electron chi connectivity index (χ1n) is 6.70. The lowest BCUT2D eigenvalue weighted by molar-refractivity contribution is -0.123. The van der Waals surface area contributed by atoms with E-state index in [0.717, 1.165) is 6.42 Å². The fraction of sp³-hybridized carbons (Fsp3) is 0.533. The highest BCUT2D eigenvalue weighted by Gasteiger charge is 2.44. The van der Waals surface area contributed by atoms with Crippen LogP contribution in [0.4, 0.5) is 0 Å². The summed E-state index contributed by atoms with van der Waals surface area (Å²) in [6.45, 7) is 0. The molecule has 0 radical (unpaired) electrons. The lowest BCUT2D eigenvalue weighted by atomic mass is 10.1. The van der Waals surface area contributed by atoms with E-state index in [2.05, 4.69) is 29.6 Å². The molecule has 2 nitrogen and oxygen atoms in total. The summed E-state index contributed by atoms with van der Waals surface area (Å²) in [4.78, 5) is 12.0. The van der Waals surface area contributed by atoms with Crippen molar-refractivity contribution < 1.29 is 4.79 Å². The Balaban J connectivity index is 1.55. The van der Waals surface area contributed by atoms with E-state index in [4.69, 9.17) is 0 Å². The number of carbonyl (C=O) groups is 1. The Labute approximate surface area is 102 Å². The van der Waals surface area contributed by atoms with Crippen LogP contribution in [0, 0.1) is 5.92 Å². The maximum absolute atomic E-state index is 12.0. The van der Waals surface area contributed by atoms with Gasteiger partial charge in [0.15, 0.2) is 0 Å². The Bertz CT molecular complexity index is 395. The number of benzene rings is 1. The van der Waals surface area contributed by atoms with E-state index in [0.29, 0.717) is 12.0 Å². The van der Waals surface area contributed by atoms with Crippen LogP contribution in [0.25, 0.3) is 0 Å². The van der Waals surface area contributed by atoms with Gasteiger partial charge in [0.1, 0.15) is 0 Å². The molecule has 1 aromatic carbocycles. The maximum atomic E-state index is 12.0. The first-order chi connectivity index (χ1) is 8.34. The van der Waals surface area contributed by atoms with Crippen LogP contribution >= 0.6 is 0 Å². The molecule has 2 atom stereocenters. The largest absolute Gasteiger partial charge is 0.353 e. The number of amides is 1. The normalized spacial score (nSPS) is 28.0. The molecule has 0 bridgehead atoms. The Kier molecular flexibility index (Phi) is 2.87. The maximum Gasteiger partial charge on any atom is 0.223 e. The van der Waals surface area contributed by atoms with Gasteiger partial charge in [0.2, 0.25) is 5.91 Å². The molecule has 0 spiro atoms. The zero-order chi connectivity index (χ0) is 11.7. The molecular formula is C15H19NO. The van der Waals surface area contributed by atoms with Crippen molar-refractivity contribution in [3.05, 3.63) is 35.9 Å². The molecule has 1 aromatic rings. The number of nitrogens with one attached hydrogen (secondary N) is 1. The van der Waals surface area contributed by atoms with Crippen LogP contribution < -0.4 is 5.32 Å². The molecule has 2 heteroatoms. The van der Waals surface area contributed by atoms with E-state index in [-0.39, 0.29) is 11.8 Å². The van der Waals surface area contributed by atoms with Crippen LogP contribution in [0.15, 0.2) is 30.3 Å². The topological polar surface area (TPSA) is 29.1 Å². The van der Waals surface area contributed by atoms with Crippen molar-refractivity contribution in [2.75, 3.05) is 0 Å². The van der Waals surface area contributed by atoms with Gasteiger partial charge in [0.05, 0.1) is 0 Å². The first kappa shape index (κ1) is 10.8. The molecule has 1 amide bonds. The van der Waals surface area contributed by atoms with Crippen molar-refractivity contribution in [1.29, 1.82) is 0 Å². The molecule has 0 aromatic heterocycles. The number of hydrogen-bond acceptors (Lipinski definition) is 1. The van der Waals surface area contributed by atoms with Crippen molar-refractivity contribution in [3.63, 3.8) is 0 Å². The van der Waals surface area contributed by atoms with Crippen molar-refractivity contribution in [2.24, 2.45) is 5.92 Å². The summed E-state index contributed by atoms with van der Waals surface area (Å²) in [5.74, 6) is 0.987. The monoisotopic (exact) mass is 229 g/mol. The van der Waals surface area contributed by atoms with Gasteiger partial charge < -0.3 is 5.32 Å². The molecule has 3 rings (SSSR count). The minimum absolute atomic E-state index is 0.234. The fourth-order valence-electron chi connectivity index (χ4n) is 2.93. The SMILES string of the molecule is O=C(NC1CCCC1)[C@H]1C[C@@H]1c1ccccc1. The highest BCUT2D eigenvalue weighted by atomic mass is 16.2. The summed E-state index contributed by atoms with van der Waals surface area (Å²) in [7, 11) is 0. The van der Waals surface area contributed by atoms with Gasteiger partial charge in [-0.05, 0) is 30.7 Å². The van der Waals surface area contributed by atoms with Crippen LogP contribution in [0.5, 0.6) is 0 Å². The predicted octanol–water partition coefficient (Wildman–Crippen LogP) is 2.85. The summed E-state index contributed by atoms with van der Waals surface area (Å²) in [6.07, 6.45) is 5.93. The lowest BCUT2D eigenvalue weighted by Crippen LogP contribution is -2.34. The third-order valence-electron chi connectivity index (χ3n) is 4.06. The first-order valence-corrected chi connectivity index (χ1v) is 6.70. The molecule has 2 fully saturated rings. The van der Waals surface area contributed by atoms with Crippen LogP contribution in [0.2, 0.25) is 0 Å². The Morgan fingerprint density at radius 2 is 1.82 bits per heavy atom. The van der Waals surface area contributed by atoms with Crippen molar-refractivity contribution in [1.82, 2.24) is 5.32 Å². The highest BCUT2D eigenvalue weighted by molar-refractivity contribution is 5.83. The second-order valence-electron chi connectivity index (χ2n) is 5.35. The molecule has 17 heavy (non-hydrogen) atoms. The molecule has 0 saturated heterocycles. The summed E-state index contributed by atoms with van der Waals surface area (Å²) in [5.41, 5.74) is 1.32. The molecule has 90 valence electrons. The average molecular weight is 229 g/mol. The van der Waals surface area contributed by atoms with Gasteiger partial charge in [-0.15, -0.1) is 0 Å². The third-order valence-corrected chi connectivity index (χ3v) is 4.06. The smallest absolute Gasteiger partial charge is 0.223 e. The fourth-order valence-corrected chi connectivity index (χ4v) is 2.93. The predicted molar refractivity (Wildman–Crippen MR) is 67.7 cm³/mol. The molecule has 0 heterocycles. The summed E-state index contributed by atoms with van der Waals surface area (Å²) in [6, 6.07) is 10.9. The van der Waals surface area contributed by atoms with Crippen LogP contribution in [0.1, 0.15) is 43.6 Å². The molecule has 2 saturated carbocycles. The summed E-state index contributed by atoms with van der Waals surface area (Å²) >= 11 is 0.